The second-order valence-electron chi connectivity index (χ2n) is 4.19. The van der Waals surface area contributed by atoms with Crippen LogP contribution in [0.5, 0.6) is 0 Å². The van der Waals surface area contributed by atoms with Crippen LogP contribution in [0.4, 0.5) is 0 Å². The molecular weight excluding hydrogens is 245 g/mol. The van der Waals surface area contributed by atoms with Crippen molar-refractivity contribution in [1.82, 2.24) is 0 Å². The predicted molar refractivity (Wildman–Crippen MR) is 66.1 cm³/mol. The van der Waals surface area contributed by atoms with E-state index >= 15 is 0 Å². The molecule has 0 heterocycles. The second kappa shape index (κ2) is 4.74. The fraction of sp³-hybridized carbons (Fsp3) is 0.417. The van der Waals surface area contributed by atoms with Crippen LogP contribution >= 0.6 is 23.2 Å². The predicted octanol–water partition coefficient (Wildman–Crippen LogP) is 3.30. The first kappa shape index (κ1) is 11.9. The highest BCUT2D eigenvalue weighted by molar-refractivity contribution is 6.42. The largest absolute Gasteiger partial charge is 0.327 e. The van der Waals surface area contributed by atoms with Gasteiger partial charge in [0.25, 0.3) is 0 Å². The van der Waals surface area contributed by atoms with Gasteiger partial charge in [0.15, 0.2) is 5.78 Å². The minimum absolute atomic E-state index is 0.0121. The summed E-state index contributed by atoms with van der Waals surface area (Å²) < 4.78 is 0. The van der Waals surface area contributed by atoms with Crippen LogP contribution in [-0.4, -0.2) is 11.8 Å². The SMILES string of the molecule is NC1CCCC1C(=O)c1ccc(Cl)c(Cl)c1. The van der Waals surface area contributed by atoms with Crippen molar-refractivity contribution in [1.29, 1.82) is 0 Å². The van der Waals surface area contributed by atoms with Crippen molar-refractivity contribution < 1.29 is 4.79 Å². The monoisotopic (exact) mass is 257 g/mol. The van der Waals surface area contributed by atoms with Gasteiger partial charge in [-0.05, 0) is 31.0 Å². The molecule has 1 aliphatic carbocycles. The van der Waals surface area contributed by atoms with Gasteiger partial charge in [-0.1, -0.05) is 29.6 Å². The van der Waals surface area contributed by atoms with E-state index in [1.165, 1.54) is 0 Å². The number of hydrogen-bond acceptors (Lipinski definition) is 2. The quantitative estimate of drug-likeness (QED) is 0.827. The smallest absolute Gasteiger partial charge is 0.167 e. The molecule has 0 saturated heterocycles. The maximum atomic E-state index is 12.1. The molecule has 1 saturated carbocycles. The highest BCUT2D eigenvalue weighted by atomic mass is 35.5. The number of halogens is 2. The van der Waals surface area contributed by atoms with E-state index in [1.54, 1.807) is 18.2 Å². The van der Waals surface area contributed by atoms with Crippen LogP contribution in [0.15, 0.2) is 18.2 Å². The van der Waals surface area contributed by atoms with E-state index in [9.17, 15) is 4.79 Å². The average Bonchev–Trinajstić information content (AvgIpc) is 2.67. The lowest BCUT2D eigenvalue weighted by atomic mass is 9.93. The minimum atomic E-state index is -0.0581. The van der Waals surface area contributed by atoms with Gasteiger partial charge in [-0.3, -0.25) is 4.79 Å². The molecule has 2 N–H and O–H groups in total. The van der Waals surface area contributed by atoms with Gasteiger partial charge in [0, 0.05) is 17.5 Å². The van der Waals surface area contributed by atoms with Gasteiger partial charge in [0.1, 0.15) is 0 Å². The van der Waals surface area contributed by atoms with Gasteiger partial charge in [-0.2, -0.15) is 0 Å². The molecule has 0 radical (unpaired) electrons. The lowest BCUT2D eigenvalue weighted by Gasteiger charge is -2.14. The molecule has 1 aromatic rings. The van der Waals surface area contributed by atoms with Crippen molar-refractivity contribution in [3.63, 3.8) is 0 Å². The van der Waals surface area contributed by atoms with Crippen LogP contribution < -0.4 is 5.73 Å². The highest BCUT2D eigenvalue weighted by Gasteiger charge is 2.30. The van der Waals surface area contributed by atoms with E-state index in [4.69, 9.17) is 28.9 Å². The Labute approximate surface area is 105 Å². The maximum absolute atomic E-state index is 12.1. The zero-order valence-corrected chi connectivity index (χ0v) is 10.3. The Hall–Kier alpha value is -0.570. The molecule has 16 heavy (non-hydrogen) atoms. The van der Waals surface area contributed by atoms with Crippen molar-refractivity contribution in [2.75, 3.05) is 0 Å². The summed E-state index contributed by atoms with van der Waals surface area (Å²) in [6, 6.07) is 4.97. The van der Waals surface area contributed by atoms with E-state index in [0.717, 1.165) is 19.3 Å². The maximum Gasteiger partial charge on any atom is 0.167 e. The Kier molecular flexibility index (Phi) is 3.53. The van der Waals surface area contributed by atoms with E-state index < -0.39 is 0 Å². The van der Waals surface area contributed by atoms with Crippen molar-refractivity contribution in [2.24, 2.45) is 11.7 Å². The summed E-state index contributed by atoms with van der Waals surface area (Å²) in [6.07, 6.45) is 2.83. The molecule has 2 atom stereocenters. The topological polar surface area (TPSA) is 43.1 Å². The summed E-state index contributed by atoms with van der Waals surface area (Å²) in [4.78, 5) is 12.1. The Bertz CT molecular complexity index is 419. The van der Waals surface area contributed by atoms with Crippen molar-refractivity contribution >= 4 is 29.0 Å². The third-order valence-electron chi connectivity index (χ3n) is 3.11. The van der Waals surface area contributed by atoms with Crippen LogP contribution in [0.25, 0.3) is 0 Å². The third kappa shape index (κ3) is 2.24. The molecule has 0 bridgehead atoms. The Morgan fingerprint density at radius 3 is 2.56 bits per heavy atom. The molecule has 4 heteroatoms. The summed E-state index contributed by atoms with van der Waals surface area (Å²) in [5, 5.41) is 0.882. The highest BCUT2D eigenvalue weighted by Crippen LogP contribution is 2.29. The number of hydrogen-bond donors (Lipinski definition) is 1. The van der Waals surface area contributed by atoms with E-state index in [2.05, 4.69) is 0 Å². The van der Waals surface area contributed by atoms with Crippen LogP contribution in [0.3, 0.4) is 0 Å². The second-order valence-corrected chi connectivity index (χ2v) is 5.01. The lowest BCUT2D eigenvalue weighted by molar-refractivity contribution is 0.0913. The summed E-state index contributed by atoms with van der Waals surface area (Å²) in [5.41, 5.74) is 6.51. The molecule has 2 unspecified atom stereocenters. The summed E-state index contributed by atoms with van der Waals surface area (Å²) in [6.45, 7) is 0. The zero-order chi connectivity index (χ0) is 11.7. The standard InChI is InChI=1S/C12H13Cl2NO/c13-9-5-4-7(6-10(9)14)12(16)8-2-1-3-11(8)15/h4-6,8,11H,1-3,15H2. The van der Waals surface area contributed by atoms with E-state index in [-0.39, 0.29) is 17.7 Å². The molecule has 2 nitrogen and oxygen atoms in total. The first-order valence-corrected chi connectivity index (χ1v) is 6.10. The number of nitrogens with two attached hydrogens (primary N) is 1. The minimum Gasteiger partial charge on any atom is -0.327 e. The van der Waals surface area contributed by atoms with Gasteiger partial charge in [-0.25, -0.2) is 0 Å². The normalized spacial score (nSPS) is 24.7. The molecule has 86 valence electrons. The number of carbonyl (C=O) groups is 1. The molecule has 0 aliphatic heterocycles. The number of benzene rings is 1. The molecule has 0 aromatic heterocycles. The fourth-order valence-electron chi connectivity index (χ4n) is 2.18. The summed E-state index contributed by atoms with van der Waals surface area (Å²) >= 11 is 11.7. The summed E-state index contributed by atoms with van der Waals surface area (Å²) in [5.74, 6) is 0.0285. The molecule has 1 fully saturated rings. The van der Waals surface area contributed by atoms with Crippen LogP contribution in [0.1, 0.15) is 29.6 Å². The van der Waals surface area contributed by atoms with Gasteiger partial charge >= 0.3 is 0 Å². The summed E-state index contributed by atoms with van der Waals surface area (Å²) in [7, 11) is 0. The molecular formula is C12H13Cl2NO. The van der Waals surface area contributed by atoms with Crippen LogP contribution in [0, 0.1) is 5.92 Å². The molecule has 1 aromatic carbocycles. The average molecular weight is 258 g/mol. The third-order valence-corrected chi connectivity index (χ3v) is 3.85. The number of carbonyl (C=O) groups excluding carboxylic acids is 1. The zero-order valence-electron chi connectivity index (χ0n) is 8.75. The Morgan fingerprint density at radius 2 is 2.00 bits per heavy atom. The number of rotatable bonds is 2. The van der Waals surface area contributed by atoms with Crippen LogP contribution in [0.2, 0.25) is 10.0 Å². The Morgan fingerprint density at radius 1 is 1.25 bits per heavy atom. The van der Waals surface area contributed by atoms with Gasteiger partial charge in [0.2, 0.25) is 0 Å². The lowest BCUT2D eigenvalue weighted by Crippen LogP contribution is -2.30. The first-order valence-electron chi connectivity index (χ1n) is 5.34. The van der Waals surface area contributed by atoms with Crippen molar-refractivity contribution in [3.05, 3.63) is 33.8 Å². The molecule has 0 amide bonds. The first-order chi connectivity index (χ1) is 7.59. The van der Waals surface area contributed by atoms with Gasteiger partial charge < -0.3 is 5.73 Å². The molecule has 0 spiro atoms. The van der Waals surface area contributed by atoms with Gasteiger partial charge in [0.05, 0.1) is 10.0 Å². The van der Waals surface area contributed by atoms with Gasteiger partial charge in [-0.15, -0.1) is 0 Å². The fourth-order valence-corrected chi connectivity index (χ4v) is 2.48. The molecule has 1 aliphatic rings. The van der Waals surface area contributed by atoms with E-state index in [1.807, 2.05) is 0 Å². The number of Topliss-reactive ketones (excluding diaryl/α,β-unsaturated/α-hetero) is 1. The Balaban J connectivity index is 2.23. The molecule has 2 rings (SSSR count). The van der Waals surface area contributed by atoms with Crippen molar-refractivity contribution in [3.8, 4) is 0 Å². The van der Waals surface area contributed by atoms with E-state index in [0.29, 0.717) is 15.6 Å². The van der Waals surface area contributed by atoms with Crippen LogP contribution in [-0.2, 0) is 0 Å². The van der Waals surface area contributed by atoms with Crippen molar-refractivity contribution in [2.45, 2.75) is 25.3 Å². The number of ketones is 1.